The van der Waals surface area contributed by atoms with Crippen LogP contribution in [-0.2, 0) is 28.6 Å². The van der Waals surface area contributed by atoms with Gasteiger partial charge in [0, 0.05) is 19.3 Å². The van der Waals surface area contributed by atoms with Crippen molar-refractivity contribution < 1.29 is 28.6 Å². The summed E-state index contributed by atoms with van der Waals surface area (Å²) in [6.45, 7) is 11.4. The highest BCUT2D eigenvalue weighted by atomic mass is 16.6. The third-order valence-corrected chi connectivity index (χ3v) is 13.2. The molecule has 0 saturated carbocycles. The maximum absolute atomic E-state index is 12.8. The second-order valence-corrected chi connectivity index (χ2v) is 20.9. The Kier molecular flexibility index (Phi) is 49.6. The number of rotatable bonds is 52. The zero-order valence-electron chi connectivity index (χ0n) is 43.9. The van der Waals surface area contributed by atoms with E-state index in [1.807, 2.05) is 0 Å². The van der Waals surface area contributed by atoms with Crippen LogP contribution in [0.2, 0.25) is 0 Å². The van der Waals surface area contributed by atoms with Crippen molar-refractivity contribution in [3.05, 3.63) is 0 Å². The van der Waals surface area contributed by atoms with Gasteiger partial charge in [-0.15, -0.1) is 0 Å². The van der Waals surface area contributed by atoms with Crippen molar-refractivity contribution >= 4 is 17.9 Å². The van der Waals surface area contributed by atoms with Crippen LogP contribution in [0.3, 0.4) is 0 Å². The minimum Gasteiger partial charge on any atom is -0.462 e. The van der Waals surface area contributed by atoms with Gasteiger partial charge in [-0.2, -0.15) is 0 Å². The topological polar surface area (TPSA) is 78.9 Å². The third kappa shape index (κ3) is 51.4. The molecular formula is C58H112O6. The van der Waals surface area contributed by atoms with Crippen LogP contribution in [0.15, 0.2) is 0 Å². The number of unbranched alkanes of at least 4 members (excludes halogenated alkanes) is 37. The lowest BCUT2D eigenvalue weighted by molar-refractivity contribution is -0.167. The molecule has 0 aromatic heterocycles. The van der Waals surface area contributed by atoms with Gasteiger partial charge in [0.15, 0.2) is 6.10 Å². The molecule has 6 nitrogen and oxygen atoms in total. The Morgan fingerprint density at radius 3 is 0.766 bits per heavy atom. The number of hydrogen-bond donors (Lipinski definition) is 0. The Bertz CT molecular complexity index is 978. The molecule has 6 heteroatoms. The zero-order chi connectivity index (χ0) is 46.8. The molecule has 1 atom stereocenters. The quantitative estimate of drug-likeness (QED) is 0.0344. The molecule has 0 spiro atoms. The molecule has 0 rings (SSSR count). The molecule has 0 fully saturated rings. The summed E-state index contributed by atoms with van der Waals surface area (Å²) in [5.41, 5.74) is 0. The van der Waals surface area contributed by atoms with Gasteiger partial charge < -0.3 is 14.2 Å². The summed E-state index contributed by atoms with van der Waals surface area (Å²) in [5.74, 6) is 0.845. The van der Waals surface area contributed by atoms with Crippen molar-refractivity contribution in [3.63, 3.8) is 0 Å². The van der Waals surface area contributed by atoms with Crippen LogP contribution in [-0.4, -0.2) is 37.2 Å². The molecule has 380 valence electrons. The summed E-state index contributed by atoms with van der Waals surface area (Å²) in [6.07, 6.45) is 53.8. The van der Waals surface area contributed by atoms with Crippen LogP contribution in [0.5, 0.6) is 0 Å². The second kappa shape index (κ2) is 50.8. The Morgan fingerprint density at radius 1 is 0.297 bits per heavy atom. The van der Waals surface area contributed by atoms with Crippen LogP contribution < -0.4 is 0 Å². The van der Waals surface area contributed by atoms with Crippen LogP contribution >= 0.6 is 0 Å². The lowest BCUT2D eigenvalue weighted by Gasteiger charge is -2.18. The number of esters is 3. The smallest absolute Gasteiger partial charge is 0.306 e. The molecule has 0 aliphatic rings. The largest absolute Gasteiger partial charge is 0.462 e. The number of hydrogen-bond acceptors (Lipinski definition) is 6. The molecule has 0 aromatic rings. The van der Waals surface area contributed by atoms with Gasteiger partial charge in [-0.05, 0) is 31.1 Å². The van der Waals surface area contributed by atoms with Crippen molar-refractivity contribution in [1.82, 2.24) is 0 Å². The maximum atomic E-state index is 12.8. The predicted molar refractivity (Wildman–Crippen MR) is 275 cm³/mol. The van der Waals surface area contributed by atoms with Crippen molar-refractivity contribution in [3.8, 4) is 0 Å². The molecule has 0 radical (unpaired) electrons. The minimum absolute atomic E-state index is 0.0628. The molecule has 0 aliphatic heterocycles. The van der Waals surface area contributed by atoms with Gasteiger partial charge >= 0.3 is 17.9 Å². The molecule has 0 N–H and O–H groups in total. The summed E-state index contributed by atoms with van der Waals surface area (Å²) in [5, 5.41) is 0. The van der Waals surface area contributed by atoms with E-state index in [-0.39, 0.29) is 31.1 Å². The van der Waals surface area contributed by atoms with Gasteiger partial charge in [-0.1, -0.05) is 285 Å². The van der Waals surface area contributed by atoms with Crippen molar-refractivity contribution in [2.45, 2.75) is 330 Å². The van der Waals surface area contributed by atoms with Gasteiger partial charge in [0.2, 0.25) is 0 Å². The Labute approximate surface area is 399 Å². The van der Waals surface area contributed by atoms with E-state index in [0.717, 1.165) is 69.6 Å². The number of ether oxygens (including phenoxy) is 3. The summed E-state index contributed by atoms with van der Waals surface area (Å²) < 4.78 is 16.9. The van der Waals surface area contributed by atoms with Gasteiger partial charge in [0.25, 0.3) is 0 Å². The van der Waals surface area contributed by atoms with E-state index in [1.165, 1.54) is 212 Å². The first kappa shape index (κ1) is 62.4. The fourth-order valence-electron chi connectivity index (χ4n) is 8.87. The van der Waals surface area contributed by atoms with Crippen LogP contribution in [0.1, 0.15) is 324 Å². The summed E-state index contributed by atoms with van der Waals surface area (Å²) in [7, 11) is 0. The van der Waals surface area contributed by atoms with E-state index in [9.17, 15) is 14.4 Å². The van der Waals surface area contributed by atoms with E-state index in [0.29, 0.717) is 19.3 Å². The highest BCUT2D eigenvalue weighted by Gasteiger charge is 2.19. The van der Waals surface area contributed by atoms with Gasteiger partial charge in [-0.25, -0.2) is 0 Å². The van der Waals surface area contributed by atoms with Crippen molar-refractivity contribution in [1.29, 1.82) is 0 Å². The zero-order valence-corrected chi connectivity index (χ0v) is 43.9. The third-order valence-electron chi connectivity index (χ3n) is 13.2. The van der Waals surface area contributed by atoms with E-state index >= 15 is 0 Å². The lowest BCUT2D eigenvalue weighted by atomic mass is 10.0. The van der Waals surface area contributed by atoms with E-state index in [4.69, 9.17) is 14.2 Å². The summed E-state index contributed by atoms with van der Waals surface area (Å²) in [6, 6.07) is 0. The van der Waals surface area contributed by atoms with Crippen LogP contribution in [0, 0.1) is 11.8 Å². The van der Waals surface area contributed by atoms with E-state index in [2.05, 4.69) is 34.6 Å². The fourth-order valence-corrected chi connectivity index (χ4v) is 8.87. The van der Waals surface area contributed by atoms with Gasteiger partial charge in [-0.3, -0.25) is 14.4 Å². The highest BCUT2D eigenvalue weighted by Crippen LogP contribution is 2.18. The standard InChI is InChI=1S/C58H112O6/c1-6-7-8-9-10-11-21-30-35-40-45-50-58(61)64-55(52-63-57(60)49-44-39-34-29-25-20-23-27-32-37-42-47-54(4)5)51-62-56(59)48-43-38-33-28-24-19-17-15-13-12-14-16-18-22-26-31-36-41-46-53(2)3/h53-55H,6-52H2,1-5H3/t55-/m1/s1. The molecule has 0 heterocycles. The Hall–Kier alpha value is -1.59. The number of carbonyl (C=O) groups excluding carboxylic acids is 3. The average Bonchev–Trinajstić information content (AvgIpc) is 3.27. The molecule has 0 amide bonds. The minimum atomic E-state index is -0.762. The second-order valence-electron chi connectivity index (χ2n) is 20.9. The first-order valence-corrected chi connectivity index (χ1v) is 28.7. The maximum Gasteiger partial charge on any atom is 0.306 e. The van der Waals surface area contributed by atoms with Crippen molar-refractivity contribution in [2.24, 2.45) is 11.8 Å². The molecule has 0 aromatic carbocycles. The Balaban J connectivity index is 4.21. The van der Waals surface area contributed by atoms with Crippen LogP contribution in [0.25, 0.3) is 0 Å². The van der Waals surface area contributed by atoms with E-state index < -0.39 is 6.10 Å². The first-order chi connectivity index (χ1) is 31.2. The number of carbonyl (C=O) groups is 3. The van der Waals surface area contributed by atoms with Gasteiger partial charge in [0.05, 0.1) is 0 Å². The monoisotopic (exact) mass is 905 g/mol. The Morgan fingerprint density at radius 2 is 0.516 bits per heavy atom. The fraction of sp³-hybridized carbons (Fsp3) is 0.948. The summed E-state index contributed by atoms with van der Waals surface area (Å²) >= 11 is 0. The summed E-state index contributed by atoms with van der Waals surface area (Å²) in [4.78, 5) is 38.1. The van der Waals surface area contributed by atoms with Crippen molar-refractivity contribution in [2.75, 3.05) is 13.2 Å². The molecule has 64 heavy (non-hydrogen) atoms. The molecule has 0 saturated heterocycles. The predicted octanol–water partition coefficient (Wildman–Crippen LogP) is 18.9. The molecule has 0 unspecified atom stereocenters. The molecular weight excluding hydrogens is 793 g/mol. The van der Waals surface area contributed by atoms with Gasteiger partial charge in [0.1, 0.15) is 13.2 Å². The molecule has 0 bridgehead atoms. The molecule has 0 aliphatic carbocycles. The normalized spacial score (nSPS) is 12.0. The SMILES string of the molecule is CCCCCCCCCCCCCC(=O)O[C@H](COC(=O)CCCCCCCCCCCCCCCCCCCCC(C)C)COC(=O)CCCCCCCCCCCCCC(C)C. The lowest BCUT2D eigenvalue weighted by Crippen LogP contribution is -2.30. The van der Waals surface area contributed by atoms with Crippen LogP contribution in [0.4, 0.5) is 0 Å². The van der Waals surface area contributed by atoms with E-state index in [1.54, 1.807) is 0 Å². The highest BCUT2D eigenvalue weighted by molar-refractivity contribution is 5.71. The first-order valence-electron chi connectivity index (χ1n) is 28.7. The average molecular weight is 906 g/mol.